The number of hydrogen-bond acceptors (Lipinski definition) is 7. The number of hydrogen-bond donors (Lipinski definition) is 2. The van der Waals surface area contributed by atoms with Gasteiger partial charge in [0.1, 0.15) is 11.5 Å². The smallest absolute Gasteiger partial charge is 0.232 e. The summed E-state index contributed by atoms with van der Waals surface area (Å²) in [5.74, 6) is 0.937. The van der Waals surface area contributed by atoms with Crippen molar-refractivity contribution >= 4 is 44.6 Å². The predicted molar refractivity (Wildman–Crippen MR) is 128 cm³/mol. The number of nitrogens with zero attached hydrogens (tertiary/aromatic N) is 3. The van der Waals surface area contributed by atoms with E-state index in [-0.39, 0.29) is 18.2 Å². The number of amides is 2. The molecule has 5 aromatic rings. The minimum atomic E-state index is -0.156. The van der Waals surface area contributed by atoms with Crippen LogP contribution in [0.15, 0.2) is 63.8 Å². The third kappa shape index (κ3) is 4.71. The Bertz CT molecular complexity index is 1430. The highest BCUT2D eigenvalue weighted by Gasteiger charge is 2.15. The summed E-state index contributed by atoms with van der Waals surface area (Å²) >= 11 is 2.84. The van der Waals surface area contributed by atoms with Gasteiger partial charge in [0.2, 0.25) is 11.8 Å². The van der Waals surface area contributed by atoms with E-state index in [1.54, 1.807) is 12.1 Å². The molecule has 2 N–H and O–H groups in total. The molecule has 0 aliphatic carbocycles. The summed E-state index contributed by atoms with van der Waals surface area (Å²) in [7, 11) is 0. The molecule has 0 saturated heterocycles. The lowest BCUT2D eigenvalue weighted by molar-refractivity contribution is -0.119. The van der Waals surface area contributed by atoms with Crippen molar-refractivity contribution in [2.24, 2.45) is 0 Å². The van der Waals surface area contributed by atoms with Gasteiger partial charge in [0, 0.05) is 35.1 Å². The summed E-state index contributed by atoms with van der Waals surface area (Å²) in [6.07, 6.45) is 2.17. The van der Waals surface area contributed by atoms with E-state index in [9.17, 15) is 9.59 Å². The van der Waals surface area contributed by atoms with Crippen LogP contribution in [-0.2, 0) is 22.6 Å². The molecular formula is C23H19N5O3S2. The zero-order valence-electron chi connectivity index (χ0n) is 17.6. The van der Waals surface area contributed by atoms with Crippen LogP contribution in [0.5, 0.6) is 0 Å². The molecule has 0 radical (unpaired) electrons. The molecule has 0 aliphatic rings. The van der Waals surface area contributed by atoms with E-state index in [0.29, 0.717) is 28.9 Å². The van der Waals surface area contributed by atoms with Crippen LogP contribution in [0.3, 0.4) is 0 Å². The lowest BCUT2D eigenvalue weighted by Crippen LogP contribution is -2.18. The molecule has 0 saturated carbocycles. The van der Waals surface area contributed by atoms with Gasteiger partial charge in [-0.15, -0.1) is 22.7 Å². The summed E-state index contributed by atoms with van der Waals surface area (Å²) in [5.41, 5.74) is 3.42. The minimum Gasteiger partial charge on any atom is -0.458 e. The molecule has 0 spiro atoms. The monoisotopic (exact) mass is 477 g/mol. The first kappa shape index (κ1) is 21.1. The molecule has 166 valence electrons. The van der Waals surface area contributed by atoms with Crippen molar-refractivity contribution in [2.75, 3.05) is 5.32 Å². The lowest BCUT2D eigenvalue weighted by Gasteiger charge is -2.01. The molecule has 5 rings (SSSR count). The van der Waals surface area contributed by atoms with E-state index in [0.717, 1.165) is 21.9 Å². The van der Waals surface area contributed by atoms with Gasteiger partial charge < -0.3 is 15.1 Å². The van der Waals surface area contributed by atoms with Gasteiger partial charge in [-0.25, -0.2) is 9.97 Å². The molecule has 4 aromatic heterocycles. The van der Waals surface area contributed by atoms with E-state index in [1.165, 1.54) is 29.6 Å². The van der Waals surface area contributed by atoms with E-state index < -0.39 is 0 Å². The highest BCUT2D eigenvalue weighted by atomic mass is 32.1. The number of aromatic nitrogens is 3. The summed E-state index contributed by atoms with van der Waals surface area (Å²) in [4.78, 5) is 33.7. The molecule has 33 heavy (non-hydrogen) atoms. The molecule has 0 fully saturated rings. The fourth-order valence-corrected chi connectivity index (χ4v) is 4.89. The Morgan fingerprint density at radius 1 is 1.03 bits per heavy atom. The van der Waals surface area contributed by atoms with Gasteiger partial charge in [0.15, 0.2) is 15.9 Å². The zero-order chi connectivity index (χ0) is 22.8. The second-order valence-electron chi connectivity index (χ2n) is 7.31. The first-order valence-corrected chi connectivity index (χ1v) is 11.9. The van der Waals surface area contributed by atoms with Gasteiger partial charge in [0.05, 0.1) is 18.7 Å². The molecule has 2 amide bonds. The minimum absolute atomic E-state index is 0.124. The van der Waals surface area contributed by atoms with Crippen molar-refractivity contribution in [3.8, 4) is 22.7 Å². The van der Waals surface area contributed by atoms with Gasteiger partial charge in [-0.05, 0) is 12.1 Å². The third-order valence-electron chi connectivity index (χ3n) is 4.87. The summed E-state index contributed by atoms with van der Waals surface area (Å²) in [6.45, 7) is 1.77. The number of thiazole rings is 2. The van der Waals surface area contributed by atoms with Crippen molar-refractivity contribution in [1.29, 1.82) is 0 Å². The Morgan fingerprint density at radius 3 is 2.70 bits per heavy atom. The second kappa shape index (κ2) is 9.00. The van der Waals surface area contributed by atoms with E-state index in [4.69, 9.17) is 4.42 Å². The number of nitrogens with one attached hydrogen (secondary N) is 2. The molecule has 0 bridgehead atoms. The number of furan rings is 1. The SMILES string of the molecule is CC(=O)NCc1ccc(-c2csc(NC(=O)Cc3csc4nc(-c5ccccc5)cn34)n2)o1. The van der Waals surface area contributed by atoms with Crippen molar-refractivity contribution < 1.29 is 14.0 Å². The molecule has 1 aromatic carbocycles. The highest BCUT2D eigenvalue weighted by molar-refractivity contribution is 7.15. The number of imidazole rings is 1. The lowest BCUT2D eigenvalue weighted by atomic mass is 10.2. The quantitative estimate of drug-likeness (QED) is 0.357. The molecule has 8 nitrogen and oxygen atoms in total. The number of benzene rings is 1. The molecular weight excluding hydrogens is 458 g/mol. The summed E-state index contributed by atoms with van der Waals surface area (Å²) < 4.78 is 7.68. The fraction of sp³-hybridized carbons (Fsp3) is 0.130. The van der Waals surface area contributed by atoms with Gasteiger partial charge in [0.25, 0.3) is 0 Å². The zero-order valence-corrected chi connectivity index (χ0v) is 19.2. The Kier molecular flexibility index (Phi) is 5.76. The Labute approximate surface area is 196 Å². The topological polar surface area (TPSA) is 102 Å². The standard InChI is InChI=1S/C23H19N5O3S2/c1-14(29)24-10-17-7-8-20(31-17)19-13-32-22(25-19)27-21(30)9-16-12-33-23-26-18(11-28(16)23)15-5-3-2-4-6-15/h2-8,11-13H,9-10H2,1H3,(H,24,29)(H,25,27,30). The number of fused-ring (bicyclic) bond motifs is 1. The Balaban J connectivity index is 1.25. The maximum atomic E-state index is 12.7. The molecule has 4 heterocycles. The van der Waals surface area contributed by atoms with E-state index >= 15 is 0 Å². The van der Waals surface area contributed by atoms with Gasteiger partial charge in [-0.2, -0.15) is 0 Å². The Morgan fingerprint density at radius 2 is 1.88 bits per heavy atom. The number of rotatable bonds is 7. The van der Waals surface area contributed by atoms with Crippen LogP contribution in [0, 0.1) is 0 Å². The first-order chi connectivity index (χ1) is 16.0. The summed E-state index contributed by atoms with van der Waals surface area (Å²) in [5, 5.41) is 9.82. The molecule has 0 atom stereocenters. The number of carbonyl (C=O) groups is 2. The van der Waals surface area contributed by atoms with Crippen molar-refractivity contribution in [1.82, 2.24) is 19.7 Å². The van der Waals surface area contributed by atoms with Crippen LogP contribution < -0.4 is 10.6 Å². The highest BCUT2D eigenvalue weighted by Crippen LogP contribution is 2.27. The predicted octanol–water partition coefficient (Wildman–Crippen LogP) is 4.60. The van der Waals surface area contributed by atoms with Crippen molar-refractivity contribution in [3.05, 3.63) is 70.9 Å². The van der Waals surface area contributed by atoms with Gasteiger partial charge >= 0.3 is 0 Å². The molecule has 10 heteroatoms. The Hall–Kier alpha value is -3.76. The normalized spacial score (nSPS) is 11.1. The number of anilines is 1. The average molecular weight is 478 g/mol. The maximum Gasteiger partial charge on any atom is 0.232 e. The fourth-order valence-electron chi connectivity index (χ4n) is 3.30. The maximum absolute atomic E-state index is 12.7. The first-order valence-electron chi connectivity index (χ1n) is 10.1. The van der Waals surface area contributed by atoms with Crippen molar-refractivity contribution in [3.63, 3.8) is 0 Å². The van der Waals surface area contributed by atoms with Crippen LogP contribution in [-0.4, -0.2) is 26.2 Å². The largest absolute Gasteiger partial charge is 0.458 e. The van der Waals surface area contributed by atoms with Crippen LogP contribution in [0.4, 0.5) is 5.13 Å². The third-order valence-corrected chi connectivity index (χ3v) is 6.52. The number of carbonyl (C=O) groups excluding carboxylic acids is 2. The van der Waals surface area contributed by atoms with Crippen LogP contribution in [0.1, 0.15) is 18.4 Å². The van der Waals surface area contributed by atoms with Crippen molar-refractivity contribution in [2.45, 2.75) is 19.9 Å². The summed E-state index contributed by atoms with van der Waals surface area (Å²) in [6, 6.07) is 13.5. The average Bonchev–Trinajstić information content (AvgIpc) is 3.58. The van der Waals surface area contributed by atoms with E-state index in [2.05, 4.69) is 20.6 Å². The van der Waals surface area contributed by atoms with Crippen LogP contribution >= 0.6 is 22.7 Å². The van der Waals surface area contributed by atoms with Crippen LogP contribution in [0.25, 0.3) is 27.7 Å². The molecule has 0 unspecified atom stereocenters. The van der Waals surface area contributed by atoms with E-state index in [1.807, 2.05) is 51.7 Å². The second-order valence-corrected chi connectivity index (χ2v) is 9.00. The van der Waals surface area contributed by atoms with Gasteiger partial charge in [-0.3, -0.25) is 14.0 Å². The molecule has 0 aliphatic heterocycles. The van der Waals surface area contributed by atoms with Crippen LogP contribution in [0.2, 0.25) is 0 Å². The van der Waals surface area contributed by atoms with Gasteiger partial charge in [-0.1, -0.05) is 30.3 Å².